The predicted octanol–water partition coefficient (Wildman–Crippen LogP) is -0.407. The van der Waals surface area contributed by atoms with Crippen molar-refractivity contribution in [1.29, 1.82) is 0 Å². The Morgan fingerprint density at radius 3 is 2.76 bits per heavy atom. The number of hydrogen-bond acceptors (Lipinski definition) is 4. The van der Waals surface area contributed by atoms with Gasteiger partial charge in [-0.05, 0) is 18.1 Å². The summed E-state index contributed by atoms with van der Waals surface area (Å²) in [6.07, 6.45) is 0.686. The lowest BCUT2D eigenvalue weighted by atomic mass is 9.98. The molecule has 0 fully saturated rings. The van der Waals surface area contributed by atoms with Crippen LogP contribution < -0.4 is 21.9 Å². The van der Waals surface area contributed by atoms with Crippen LogP contribution in [0.15, 0.2) is 39.9 Å². The summed E-state index contributed by atoms with van der Waals surface area (Å²) in [7, 11) is 0. The van der Waals surface area contributed by atoms with E-state index in [1.54, 1.807) is 0 Å². The number of para-hydroxylation sites is 1. The van der Waals surface area contributed by atoms with E-state index in [1.807, 2.05) is 29.2 Å². The fraction of sp³-hybridized carbons (Fsp3) is 0.214. The summed E-state index contributed by atoms with van der Waals surface area (Å²) in [5.74, 6) is -0.444. The third kappa shape index (κ3) is 2.50. The molecule has 7 heteroatoms. The molecule has 1 unspecified atom stereocenters. The van der Waals surface area contributed by atoms with Gasteiger partial charge < -0.3 is 15.6 Å². The molecule has 1 atom stereocenters. The van der Waals surface area contributed by atoms with Crippen molar-refractivity contribution < 1.29 is 4.79 Å². The average Bonchev–Trinajstić information content (AvgIpc) is 2.44. The van der Waals surface area contributed by atoms with Crippen molar-refractivity contribution in [3.05, 3.63) is 62.4 Å². The number of H-pyrrole nitrogens is 2. The maximum Gasteiger partial charge on any atom is 0.326 e. The molecule has 1 aromatic heterocycles. The van der Waals surface area contributed by atoms with Crippen molar-refractivity contribution in [3.63, 3.8) is 0 Å². The third-order valence-corrected chi connectivity index (χ3v) is 3.42. The highest BCUT2D eigenvalue weighted by molar-refractivity contribution is 6.05. The SMILES string of the molecule is NC1Cc2ccccc2N(C(=O)c2cc(=O)[nH]c(=O)[nH]2)C1. The van der Waals surface area contributed by atoms with Gasteiger partial charge in [-0.2, -0.15) is 0 Å². The molecule has 0 spiro atoms. The zero-order chi connectivity index (χ0) is 15.0. The topological polar surface area (TPSA) is 112 Å². The van der Waals surface area contributed by atoms with Gasteiger partial charge >= 0.3 is 5.69 Å². The molecule has 0 saturated heterocycles. The number of carbonyl (C=O) groups is 1. The number of benzene rings is 1. The molecule has 4 N–H and O–H groups in total. The summed E-state index contributed by atoms with van der Waals surface area (Å²) in [5, 5.41) is 0. The summed E-state index contributed by atoms with van der Waals surface area (Å²) in [4.78, 5) is 41.1. The second kappa shape index (κ2) is 5.02. The second-order valence-electron chi connectivity index (χ2n) is 5.01. The Morgan fingerprint density at radius 2 is 2.00 bits per heavy atom. The van der Waals surface area contributed by atoms with Crippen molar-refractivity contribution in [2.75, 3.05) is 11.4 Å². The standard InChI is InChI=1S/C14H14N4O3/c15-9-5-8-3-1-2-4-11(8)18(7-9)13(20)10-6-12(19)17-14(21)16-10/h1-4,6,9H,5,7,15H2,(H2,16,17,19,21). The lowest BCUT2D eigenvalue weighted by Crippen LogP contribution is -2.47. The van der Waals surface area contributed by atoms with E-state index in [-0.39, 0.29) is 11.7 Å². The quantitative estimate of drug-likeness (QED) is 0.661. The van der Waals surface area contributed by atoms with Gasteiger partial charge in [0.25, 0.3) is 11.5 Å². The van der Waals surface area contributed by atoms with Gasteiger partial charge in [0.1, 0.15) is 5.69 Å². The van der Waals surface area contributed by atoms with Gasteiger partial charge in [0, 0.05) is 24.3 Å². The smallest absolute Gasteiger partial charge is 0.326 e. The van der Waals surface area contributed by atoms with Crippen LogP contribution in [0.5, 0.6) is 0 Å². The van der Waals surface area contributed by atoms with Crippen LogP contribution in [0.2, 0.25) is 0 Å². The van der Waals surface area contributed by atoms with Crippen LogP contribution >= 0.6 is 0 Å². The zero-order valence-corrected chi connectivity index (χ0v) is 11.1. The van der Waals surface area contributed by atoms with E-state index >= 15 is 0 Å². The summed E-state index contributed by atoms with van der Waals surface area (Å²) in [5.41, 5.74) is 6.34. The lowest BCUT2D eigenvalue weighted by molar-refractivity contribution is 0.0978. The Kier molecular flexibility index (Phi) is 3.19. The highest BCUT2D eigenvalue weighted by Gasteiger charge is 2.27. The summed E-state index contributed by atoms with van der Waals surface area (Å²) in [6.45, 7) is 0.338. The Balaban J connectivity index is 2.06. The largest absolute Gasteiger partial charge is 0.326 e. The summed E-state index contributed by atoms with van der Waals surface area (Å²) < 4.78 is 0. The molecule has 2 aromatic rings. The van der Waals surface area contributed by atoms with E-state index in [2.05, 4.69) is 4.98 Å². The van der Waals surface area contributed by atoms with Crippen LogP contribution in [0, 0.1) is 0 Å². The van der Waals surface area contributed by atoms with Crippen LogP contribution in [-0.4, -0.2) is 28.5 Å². The van der Waals surface area contributed by atoms with Crippen LogP contribution in [0.1, 0.15) is 16.1 Å². The number of fused-ring (bicyclic) bond motifs is 1. The van der Waals surface area contributed by atoms with Gasteiger partial charge in [0.05, 0.1) is 0 Å². The molecule has 0 saturated carbocycles. The van der Waals surface area contributed by atoms with Crippen molar-refractivity contribution in [1.82, 2.24) is 9.97 Å². The van der Waals surface area contributed by atoms with E-state index in [0.717, 1.165) is 17.3 Å². The minimum atomic E-state index is -0.708. The van der Waals surface area contributed by atoms with E-state index in [9.17, 15) is 14.4 Å². The van der Waals surface area contributed by atoms with Crippen LogP contribution in [0.4, 0.5) is 5.69 Å². The van der Waals surface area contributed by atoms with Crippen LogP contribution in [0.3, 0.4) is 0 Å². The number of aromatic amines is 2. The second-order valence-corrected chi connectivity index (χ2v) is 5.01. The number of hydrogen-bond donors (Lipinski definition) is 3. The number of anilines is 1. The fourth-order valence-electron chi connectivity index (χ4n) is 2.55. The third-order valence-electron chi connectivity index (χ3n) is 3.42. The molecular weight excluding hydrogens is 272 g/mol. The van der Waals surface area contributed by atoms with E-state index < -0.39 is 17.2 Å². The first-order valence-corrected chi connectivity index (χ1v) is 6.53. The van der Waals surface area contributed by atoms with Crippen molar-refractivity contribution in [2.45, 2.75) is 12.5 Å². The number of carbonyl (C=O) groups excluding carboxylic acids is 1. The van der Waals surface area contributed by atoms with Gasteiger partial charge in [-0.15, -0.1) is 0 Å². The minimum Gasteiger partial charge on any atom is -0.326 e. The molecule has 1 aromatic carbocycles. The molecule has 1 aliphatic heterocycles. The Bertz CT molecular complexity index is 780. The molecule has 0 aliphatic carbocycles. The average molecular weight is 286 g/mol. The first-order chi connectivity index (χ1) is 10.0. The summed E-state index contributed by atoms with van der Waals surface area (Å²) in [6, 6.07) is 8.34. The highest BCUT2D eigenvalue weighted by Crippen LogP contribution is 2.27. The van der Waals surface area contributed by atoms with Crippen molar-refractivity contribution >= 4 is 11.6 Å². The number of rotatable bonds is 1. The van der Waals surface area contributed by atoms with Crippen molar-refractivity contribution in [3.8, 4) is 0 Å². The number of nitrogens with two attached hydrogens (primary N) is 1. The molecule has 0 bridgehead atoms. The predicted molar refractivity (Wildman–Crippen MR) is 77.5 cm³/mol. The molecule has 1 aliphatic rings. The number of aromatic nitrogens is 2. The minimum absolute atomic E-state index is 0.0485. The molecule has 0 radical (unpaired) electrons. The molecule has 21 heavy (non-hydrogen) atoms. The Morgan fingerprint density at radius 1 is 1.24 bits per heavy atom. The molecule has 7 nitrogen and oxygen atoms in total. The van der Waals surface area contributed by atoms with E-state index in [0.29, 0.717) is 13.0 Å². The molecule has 1 amide bonds. The normalized spacial score (nSPS) is 17.4. The number of nitrogens with one attached hydrogen (secondary N) is 2. The van der Waals surface area contributed by atoms with Crippen LogP contribution in [0.25, 0.3) is 0 Å². The molecular formula is C14H14N4O3. The molecule has 108 valence electrons. The van der Waals surface area contributed by atoms with E-state index in [1.165, 1.54) is 4.90 Å². The van der Waals surface area contributed by atoms with Gasteiger partial charge in [-0.3, -0.25) is 14.6 Å². The maximum absolute atomic E-state index is 12.6. The van der Waals surface area contributed by atoms with Gasteiger partial charge in [-0.1, -0.05) is 18.2 Å². The number of amides is 1. The van der Waals surface area contributed by atoms with E-state index in [4.69, 9.17) is 5.73 Å². The van der Waals surface area contributed by atoms with Gasteiger partial charge in [0.15, 0.2) is 0 Å². The Labute approximate surface area is 119 Å². The van der Waals surface area contributed by atoms with Crippen molar-refractivity contribution in [2.24, 2.45) is 5.73 Å². The maximum atomic E-state index is 12.6. The first-order valence-electron chi connectivity index (χ1n) is 6.53. The number of nitrogens with zero attached hydrogens (tertiary/aromatic N) is 1. The fourth-order valence-corrected chi connectivity index (χ4v) is 2.55. The monoisotopic (exact) mass is 286 g/mol. The molecule has 3 rings (SSSR count). The Hall–Kier alpha value is -2.67. The van der Waals surface area contributed by atoms with Gasteiger partial charge in [0.2, 0.25) is 0 Å². The highest BCUT2D eigenvalue weighted by atomic mass is 16.2. The lowest BCUT2D eigenvalue weighted by Gasteiger charge is -2.32. The first kappa shape index (κ1) is 13.3. The van der Waals surface area contributed by atoms with Crippen LogP contribution in [-0.2, 0) is 6.42 Å². The summed E-state index contributed by atoms with van der Waals surface area (Å²) >= 11 is 0. The van der Waals surface area contributed by atoms with Gasteiger partial charge in [-0.25, -0.2) is 4.79 Å². The zero-order valence-electron chi connectivity index (χ0n) is 11.1. The molecule has 2 heterocycles.